The van der Waals surface area contributed by atoms with Crippen LogP contribution in [-0.4, -0.2) is 30.8 Å². The number of benzene rings is 2. The Balaban J connectivity index is 0.000000504. The number of thiol groups is 1. The van der Waals surface area contributed by atoms with Gasteiger partial charge in [0.1, 0.15) is 17.3 Å². The number of furan rings is 1. The topological polar surface area (TPSA) is 76.4 Å². The van der Waals surface area contributed by atoms with Gasteiger partial charge in [-0.3, -0.25) is 9.78 Å². The minimum Gasteiger partial charge on any atom is -0.497 e. The summed E-state index contributed by atoms with van der Waals surface area (Å²) in [4.78, 5) is 17.9. The van der Waals surface area contributed by atoms with Crippen molar-refractivity contribution in [2.24, 2.45) is 0 Å². The van der Waals surface area contributed by atoms with E-state index in [0.717, 1.165) is 64.1 Å². The van der Waals surface area contributed by atoms with E-state index in [9.17, 15) is 4.79 Å². The van der Waals surface area contributed by atoms with Crippen molar-refractivity contribution in [2.75, 3.05) is 19.9 Å². The molecule has 1 aliphatic carbocycles. The van der Waals surface area contributed by atoms with Crippen LogP contribution in [0.5, 0.6) is 5.75 Å². The average molecular weight is 530 g/mol. The van der Waals surface area contributed by atoms with Crippen LogP contribution >= 0.6 is 12.6 Å². The van der Waals surface area contributed by atoms with Crippen molar-refractivity contribution in [1.29, 1.82) is 0 Å². The molecule has 1 fully saturated rings. The minimum atomic E-state index is -0.406. The van der Waals surface area contributed by atoms with E-state index in [0.29, 0.717) is 11.3 Å². The largest absolute Gasteiger partial charge is 0.497 e. The number of ether oxygens (including phenoxy) is 1. The molecule has 0 radical (unpaired) electrons. The lowest BCUT2D eigenvalue weighted by Crippen LogP contribution is -2.35. The number of aryl methyl sites for hydroxylation is 3. The van der Waals surface area contributed by atoms with Gasteiger partial charge in [0.2, 0.25) is 0 Å². The van der Waals surface area contributed by atoms with Crippen LogP contribution in [-0.2, 0) is 5.54 Å². The van der Waals surface area contributed by atoms with Crippen LogP contribution in [0.2, 0.25) is 0 Å². The second-order valence-electron chi connectivity index (χ2n) is 9.45. The van der Waals surface area contributed by atoms with Crippen molar-refractivity contribution in [3.63, 3.8) is 0 Å². The maximum Gasteiger partial charge on any atom is 0.252 e. The Hall–Kier alpha value is -3.71. The molecule has 1 aliphatic heterocycles. The summed E-state index contributed by atoms with van der Waals surface area (Å²) in [6, 6.07) is 16.0. The SMILES string of the molecule is C1=CNC1.COc1ccc(C)c(C(=O)NC2(c3cc(-c4cc(C)oc4C)cc4ncccc34)CC2)c1.CS. The molecule has 198 valence electrons. The van der Waals surface area contributed by atoms with Crippen LogP contribution in [0.3, 0.4) is 0 Å². The molecule has 2 N–H and O–H groups in total. The van der Waals surface area contributed by atoms with Gasteiger partial charge in [0.15, 0.2) is 0 Å². The molecule has 0 unspecified atom stereocenters. The van der Waals surface area contributed by atoms with Crippen LogP contribution in [0, 0.1) is 20.8 Å². The van der Waals surface area contributed by atoms with Crippen LogP contribution in [0.4, 0.5) is 0 Å². The second kappa shape index (κ2) is 11.8. The fourth-order valence-corrected chi connectivity index (χ4v) is 4.61. The summed E-state index contributed by atoms with van der Waals surface area (Å²) in [5.74, 6) is 2.34. The van der Waals surface area contributed by atoms with Crippen molar-refractivity contribution in [2.45, 2.75) is 39.2 Å². The Morgan fingerprint density at radius 2 is 1.82 bits per heavy atom. The Morgan fingerprint density at radius 1 is 1.11 bits per heavy atom. The maximum absolute atomic E-state index is 13.3. The minimum absolute atomic E-state index is 0.0864. The van der Waals surface area contributed by atoms with Crippen molar-refractivity contribution in [3.8, 4) is 16.9 Å². The van der Waals surface area contributed by atoms with Gasteiger partial charge in [0.05, 0.1) is 18.2 Å². The number of hydrogen-bond acceptors (Lipinski definition) is 6. The number of nitrogens with zero attached hydrogens (tertiary/aromatic N) is 1. The molecule has 2 aliphatic rings. The van der Waals surface area contributed by atoms with Gasteiger partial charge in [0.25, 0.3) is 5.91 Å². The second-order valence-corrected chi connectivity index (χ2v) is 9.45. The first-order valence-corrected chi connectivity index (χ1v) is 13.6. The highest BCUT2D eigenvalue weighted by Crippen LogP contribution is 2.49. The number of methoxy groups -OCH3 is 1. The van der Waals surface area contributed by atoms with E-state index in [4.69, 9.17) is 9.15 Å². The molecule has 0 atom stereocenters. The molecule has 0 spiro atoms. The fraction of sp³-hybridized carbons (Fsp3) is 0.290. The number of carbonyl (C=O) groups excluding carboxylic acids is 1. The Labute approximate surface area is 229 Å². The summed E-state index contributed by atoms with van der Waals surface area (Å²) >= 11 is 3.53. The lowest BCUT2D eigenvalue weighted by atomic mass is 9.93. The van der Waals surface area contributed by atoms with Crippen LogP contribution < -0.4 is 15.4 Å². The predicted octanol–water partition coefficient (Wildman–Crippen LogP) is 6.50. The smallest absolute Gasteiger partial charge is 0.252 e. The summed E-state index contributed by atoms with van der Waals surface area (Å²) in [7, 11) is 1.61. The third-order valence-electron chi connectivity index (χ3n) is 6.85. The zero-order chi connectivity index (χ0) is 27.3. The third kappa shape index (κ3) is 5.73. The molecular formula is C31H35N3O3S. The summed E-state index contributed by atoms with van der Waals surface area (Å²) in [5.41, 5.74) is 5.28. The lowest BCUT2D eigenvalue weighted by Gasteiger charge is -2.22. The Kier molecular flexibility index (Phi) is 8.47. The number of aromatic nitrogens is 1. The summed E-state index contributed by atoms with van der Waals surface area (Å²) in [6.45, 7) is 6.94. The highest BCUT2D eigenvalue weighted by molar-refractivity contribution is 7.79. The summed E-state index contributed by atoms with van der Waals surface area (Å²) in [6.07, 6.45) is 9.28. The number of fused-ring (bicyclic) bond motifs is 1. The highest BCUT2D eigenvalue weighted by atomic mass is 32.1. The van der Waals surface area contributed by atoms with Crippen molar-refractivity contribution in [1.82, 2.24) is 15.6 Å². The molecule has 0 bridgehead atoms. The molecule has 2 aromatic heterocycles. The Morgan fingerprint density at radius 3 is 2.39 bits per heavy atom. The molecule has 0 saturated heterocycles. The van der Waals surface area contributed by atoms with E-state index >= 15 is 0 Å². The molecule has 2 aromatic carbocycles. The molecular weight excluding hydrogens is 494 g/mol. The van der Waals surface area contributed by atoms with Gasteiger partial charge in [-0.15, -0.1) is 0 Å². The molecule has 7 heteroatoms. The molecule has 1 amide bonds. The van der Waals surface area contributed by atoms with Crippen molar-refractivity contribution < 1.29 is 13.9 Å². The van der Waals surface area contributed by atoms with E-state index < -0.39 is 5.54 Å². The molecule has 3 heterocycles. The van der Waals surface area contributed by atoms with Crippen LogP contribution in [0.25, 0.3) is 22.0 Å². The van der Waals surface area contributed by atoms with Crippen LogP contribution in [0.1, 0.15) is 45.8 Å². The molecule has 38 heavy (non-hydrogen) atoms. The fourth-order valence-electron chi connectivity index (χ4n) is 4.61. The quantitative estimate of drug-likeness (QED) is 0.257. The van der Waals surface area contributed by atoms with Gasteiger partial charge in [-0.25, -0.2) is 0 Å². The van der Waals surface area contributed by atoms with E-state index in [2.05, 4.69) is 58.6 Å². The molecule has 6 rings (SSSR count). The van der Waals surface area contributed by atoms with Gasteiger partial charge in [-0.1, -0.05) is 12.1 Å². The number of nitrogens with one attached hydrogen (secondary N) is 2. The predicted molar refractivity (Wildman–Crippen MR) is 157 cm³/mol. The first kappa shape index (κ1) is 27.3. The van der Waals surface area contributed by atoms with E-state index in [1.165, 1.54) is 0 Å². The molecule has 4 aromatic rings. The summed E-state index contributed by atoms with van der Waals surface area (Å²) in [5, 5.41) is 7.33. The maximum atomic E-state index is 13.3. The molecule has 6 nitrogen and oxygen atoms in total. The normalized spacial score (nSPS) is 14.2. The number of rotatable bonds is 5. The number of amides is 1. The van der Waals surface area contributed by atoms with Gasteiger partial charge < -0.3 is 19.8 Å². The van der Waals surface area contributed by atoms with E-state index in [-0.39, 0.29) is 5.91 Å². The Bertz CT molecular complexity index is 1460. The van der Waals surface area contributed by atoms with E-state index in [1.54, 1.807) is 25.6 Å². The number of carbonyl (C=O) groups is 1. The average Bonchev–Trinajstić information content (AvgIpc) is 3.58. The van der Waals surface area contributed by atoms with Crippen molar-refractivity contribution in [3.05, 3.63) is 95.2 Å². The lowest BCUT2D eigenvalue weighted by molar-refractivity contribution is 0.0930. The van der Waals surface area contributed by atoms with Gasteiger partial charge in [-0.2, -0.15) is 12.6 Å². The number of pyridine rings is 1. The standard InChI is InChI=1S/C27H26N2O3.C3H5N.CH4S/c1-16-7-8-20(31-4)15-22(16)26(30)29-27(9-10-27)24-13-19(23-12-17(2)32-18(23)3)14-25-21(24)6-5-11-28-25;1-2-4-3-1;1-2/h5-8,11-15H,9-10H2,1-4H3,(H,29,30);1-2,4H,3H2;2H,1H3. The highest BCUT2D eigenvalue weighted by Gasteiger charge is 2.47. The van der Waals surface area contributed by atoms with Gasteiger partial charge >= 0.3 is 0 Å². The first-order valence-electron chi connectivity index (χ1n) is 12.7. The molecule has 1 saturated carbocycles. The van der Waals surface area contributed by atoms with Crippen molar-refractivity contribution >= 4 is 29.4 Å². The van der Waals surface area contributed by atoms with Crippen LogP contribution in [0.15, 0.2) is 71.4 Å². The number of hydrogen-bond donors (Lipinski definition) is 3. The van der Waals surface area contributed by atoms with E-state index in [1.807, 2.05) is 45.2 Å². The zero-order valence-corrected chi connectivity index (χ0v) is 23.5. The third-order valence-corrected chi connectivity index (χ3v) is 6.85. The monoisotopic (exact) mass is 529 g/mol. The van der Waals surface area contributed by atoms with Gasteiger partial charge in [-0.05, 0) is 105 Å². The first-order chi connectivity index (χ1) is 18.4. The summed E-state index contributed by atoms with van der Waals surface area (Å²) < 4.78 is 11.1. The zero-order valence-electron chi connectivity index (χ0n) is 22.6. The van der Waals surface area contributed by atoms with Gasteiger partial charge in [0, 0.05) is 29.3 Å².